The molecule has 0 fully saturated rings. The minimum Gasteiger partial charge on any atom is -0.368 e. The average molecular weight is 287 g/mol. The molecule has 0 saturated carbocycles. The molecule has 4 aromatic rings. The normalized spacial score (nSPS) is 11.6. The summed E-state index contributed by atoms with van der Waals surface area (Å²) in [5.74, 6) is 0.258. The minimum absolute atomic E-state index is 0.258. The van der Waals surface area contributed by atoms with E-state index in [-0.39, 0.29) is 5.95 Å². The number of anilines is 1. The van der Waals surface area contributed by atoms with Gasteiger partial charge in [0.05, 0.1) is 17.2 Å². The molecule has 0 saturated heterocycles. The fraction of sp³-hybridized carbons (Fsp3) is 0. The molecule has 2 aromatic carbocycles. The average Bonchev–Trinajstić information content (AvgIpc) is 2.89. The van der Waals surface area contributed by atoms with Crippen LogP contribution in [0.3, 0.4) is 0 Å². The largest absolute Gasteiger partial charge is 0.368 e. The zero-order chi connectivity index (χ0) is 14.9. The maximum Gasteiger partial charge on any atom is 0.219 e. The Morgan fingerprint density at radius 1 is 0.864 bits per heavy atom. The van der Waals surface area contributed by atoms with Gasteiger partial charge in [-0.15, -0.1) is 0 Å². The lowest BCUT2D eigenvalue weighted by Gasteiger charge is -1.99. The molecule has 2 heterocycles. The van der Waals surface area contributed by atoms with Gasteiger partial charge < -0.3 is 5.73 Å². The van der Waals surface area contributed by atoms with Crippen molar-refractivity contribution in [3.05, 3.63) is 66.5 Å². The van der Waals surface area contributed by atoms with Crippen LogP contribution in [0.2, 0.25) is 0 Å². The molecule has 106 valence electrons. The summed E-state index contributed by atoms with van der Waals surface area (Å²) in [6.45, 7) is 0. The van der Waals surface area contributed by atoms with E-state index in [1.807, 2.05) is 28.9 Å². The maximum absolute atomic E-state index is 5.49. The second-order valence-electron chi connectivity index (χ2n) is 4.97. The molecular weight excluding hydrogens is 274 g/mol. The number of nitrogens with zero attached hydrogens (tertiary/aromatic N) is 4. The Labute approximate surface area is 126 Å². The summed E-state index contributed by atoms with van der Waals surface area (Å²) < 4.78 is 1.93. The molecule has 22 heavy (non-hydrogen) atoms. The van der Waals surface area contributed by atoms with Crippen LogP contribution < -0.4 is 5.73 Å². The molecule has 4 rings (SSSR count). The van der Waals surface area contributed by atoms with Crippen molar-refractivity contribution in [2.24, 2.45) is 5.10 Å². The lowest BCUT2D eigenvalue weighted by molar-refractivity contribution is 0.974. The second-order valence-corrected chi connectivity index (χ2v) is 4.97. The summed E-state index contributed by atoms with van der Waals surface area (Å²) in [6.07, 6.45) is 5.04. The lowest BCUT2D eigenvalue weighted by atomic mass is 10.2. The number of nitrogen functional groups attached to an aromatic ring is 1. The Balaban J connectivity index is 1.91. The van der Waals surface area contributed by atoms with Crippen LogP contribution in [0.5, 0.6) is 0 Å². The van der Waals surface area contributed by atoms with Crippen LogP contribution in [0.25, 0.3) is 21.8 Å². The molecule has 0 unspecified atom stereocenters. The third kappa shape index (κ3) is 2.00. The molecule has 0 atom stereocenters. The summed E-state index contributed by atoms with van der Waals surface area (Å²) in [6, 6.07) is 16.4. The Kier molecular flexibility index (Phi) is 2.83. The molecule has 5 nitrogen and oxygen atoms in total. The maximum atomic E-state index is 5.49. The van der Waals surface area contributed by atoms with Gasteiger partial charge in [-0.25, -0.2) is 14.6 Å². The fourth-order valence-electron chi connectivity index (χ4n) is 2.57. The SMILES string of the molecule is Nc1ncc(/C=N/n2c3ccccc3c3ccccc32)cn1. The zero-order valence-corrected chi connectivity index (χ0v) is 11.7. The minimum atomic E-state index is 0.258. The topological polar surface area (TPSA) is 69.1 Å². The molecule has 0 aliphatic carbocycles. The quantitative estimate of drug-likeness (QED) is 0.576. The van der Waals surface area contributed by atoms with Gasteiger partial charge in [0.25, 0.3) is 0 Å². The van der Waals surface area contributed by atoms with Gasteiger partial charge in [0.1, 0.15) is 0 Å². The van der Waals surface area contributed by atoms with Gasteiger partial charge in [-0.2, -0.15) is 5.10 Å². The Bertz CT molecular complexity index is 930. The van der Waals surface area contributed by atoms with Crippen LogP contribution >= 0.6 is 0 Å². The van der Waals surface area contributed by atoms with Crippen LogP contribution in [0.4, 0.5) is 5.95 Å². The van der Waals surface area contributed by atoms with Gasteiger partial charge in [0, 0.05) is 28.7 Å². The summed E-state index contributed by atoms with van der Waals surface area (Å²) >= 11 is 0. The number of fused-ring (bicyclic) bond motifs is 3. The van der Waals surface area contributed by atoms with E-state index in [1.54, 1.807) is 18.6 Å². The van der Waals surface area contributed by atoms with Crippen LogP contribution in [-0.4, -0.2) is 20.9 Å². The second kappa shape index (κ2) is 4.96. The number of para-hydroxylation sites is 2. The van der Waals surface area contributed by atoms with E-state index in [4.69, 9.17) is 5.73 Å². The number of nitrogens with two attached hydrogens (primary N) is 1. The molecule has 0 aliphatic rings. The van der Waals surface area contributed by atoms with E-state index in [9.17, 15) is 0 Å². The Morgan fingerprint density at radius 2 is 1.41 bits per heavy atom. The number of benzene rings is 2. The summed E-state index contributed by atoms with van der Waals surface area (Å²) in [4.78, 5) is 7.94. The van der Waals surface area contributed by atoms with Gasteiger partial charge in [-0.1, -0.05) is 36.4 Å². The van der Waals surface area contributed by atoms with Crippen molar-refractivity contribution >= 4 is 34.0 Å². The predicted octanol–water partition coefficient (Wildman–Crippen LogP) is 3.05. The van der Waals surface area contributed by atoms with Gasteiger partial charge in [0.15, 0.2) is 0 Å². The highest BCUT2D eigenvalue weighted by molar-refractivity contribution is 6.08. The Morgan fingerprint density at radius 3 is 2.00 bits per heavy atom. The van der Waals surface area contributed by atoms with Gasteiger partial charge in [-0.05, 0) is 12.1 Å². The van der Waals surface area contributed by atoms with Crippen molar-refractivity contribution < 1.29 is 0 Å². The van der Waals surface area contributed by atoms with E-state index in [0.717, 1.165) is 16.6 Å². The smallest absolute Gasteiger partial charge is 0.219 e. The molecule has 0 bridgehead atoms. The van der Waals surface area contributed by atoms with Gasteiger partial charge in [0.2, 0.25) is 5.95 Å². The first kappa shape index (κ1) is 12.5. The highest BCUT2D eigenvalue weighted by atomic mass is 15.3. The van der Waals surface area contributed by atoms with Crippen molar-refractivity contribution in [2.45, 2.75) is 0 Å². The first-order chi connectivity index (χ1) is 10.8. The fourth-order valence-corrected chi connectivity index (χ4v) is 2.57. The molecule has 5 heteroatoms. The van der Waals surface area contributed by atoms with Crippen LogP contribution in [0.1, 0.15) is 5.56 Å². The standard InChI is InChI=1S/C17H13N5/c18-17-19-9-12(10-20-17)11-21-22-15-7-3-1-5-13(15)14-6-2-4-8-16(14)22/h1-11H,(H2,18,19,20)/b21-11+. The molecule has 0 amide bonds. The highest BCUT2D eigenvalue weighted by Crippen LogP contribution is 2.28. The molecular formula is C17H13N5. The number of rotatable bonds is 2. The van der Waals surface area contributed by atoms with Crippen LogP contribution in [0.15, 0.2) is 66.0 Å². The monoisotopic (exact) mass is 287 g/mol. The third-order valence-electron chi connectivity index (χ3n) is 3.57. The van der Waals surface area contributed by atoms with Crippen molar-refractivity contribution in [3.8, 4) is 0 Å². The number of hydrogen-bond acceptors (Lipinski definition) is 4. The summed E-state index contributed by atoms with van der Waals surface area (Å²) in [7, 11) is 0. The van der Waals surface area contributed by atoms with Crippen molar-refractivity contribution in [3.63, 3.8) is 0 Å². The molecule has 2 N–H and O–H groups in total. The Hall–Kier alpha value is -3.21. The highest BCUT2D eigenvalue weighted by Gasteiger charge is 2.08. The van der Waals surface area contributed by atoms with Gasteiger partial charge in [-0.3, -0.25) is 0 Å². The molecule has 0 spiro atoms. The third-order valence-corrected chi connectivity index (χ3v) is 3.57. The van der Waals surface area contributed by atoms with Gasteiger partial charge >= 0.3 is 0 Å². The van der Waals surface area contributed by atoms with Crippen LogP contribution in [0, 0.1) is 0 Å². The van der Waals surface area contributed by atoms with E-state index < -0.39 is 0 Å². The zero-order valence-electron chi connectivity index (χ0n) is 11.7. The molecule has 2 aromatic heterocycles. The lowest BCUT2D eigenvalue weighted by Crippen LogP contribution is -1.96. The van der Waals surface area contributed by atoms with E-state index >= 15 is 0 Å². The van der Waals surface area contributed by atoms with E-state index in [0.29, 0.717) is 0 Å². The van der Waals surface area contributed by atoms with Crippen molar-refractivity contribution in [2.75, 3.05) is 5.73 Å². The molecule has 0 aliphatic heterocycles. The summed E-state index contributed by atoms with van der Waals surface area (Å²) in [5.41, 5.74) is 8.43. The number of aromatic nitrogens is 3. The van der Waals surface area contributed by atoms with E-state index in [2.05, 4.69) is 39.3 Å². The van der Waals surface area contributed by atoms with E-state index in [1.165, 1.54) is 10.8 Å². The predicted molar refractivity (Wildman–Crippen MR) is 88.9 cm³/mol. The number of hydrogen-bond donors (Lipinski definition) is 1. The first-order valence-corrected chi connectivity index (χ1v) is 6.93. The first-order valence-electron chi connectivity index (χ1n) is 6.93. The molecule has 0 radical (unpaired) electrons. The summed E-state index contributed by atoms with van der Waals surface area (Å²) in [5, 5.41) is 6.96. The van der Waals surface area contributed by atoms with Crippen molar-refractivity contribution in [1.29, 1.82) is 0 Å². The van der Waals surface area contributed by atoms with Crippen molar-refractivity contribution in [1.82, 2.24) is 14.6 Å². The van der Waals surface area contributed by atoms with Crippen LogP contribution in [-0.2, 0) is 0 Å².